The van der Waals surface area contributed by atoms with Crippen molar-refractivity contribution >= 4 is 5.91 Å². The van der Waals surface area contributed by atoms with Crippen LogP contribution in [-0.2, 0) is 0 Å². The zero-order valence-electron chi connectivity index (χ0n) is 11.1. The van der Waals surface area contributed by atoms with Gasteiger partial charge in [-0.05, 0) is 36.7 Å². The highest BCUT2D eigenvalue weighted by Gasteiger charge is 2.12. The molecule has 7 heteroatoms. The Labute approximate surface area is 115 Å². The number of hydrogen-bond acceptors (Lipinski definition) is 4. The molecule has 0 saturated carbocycles. The summed E-state index contributed by atoms with van der Waals surface area (Å²) in [6.07, 6.45) is 1.37. The maximum absolute atomic E-state index is 12.8. The molecule has 0 saturated heterocycles. The zero-order valence-corrected chi connectivity index (χ0v) is 11.1. The Balaban J connectivity index is 2.05. The first kappa shape index (κ1) is 14.1. The average Bonchev–Trinajstić information content (AvgIpc) is 2.95. The molecule has 2 aromatic rings. The Morgan fingerprint density at radius 1 is 1.45 bits per heavy atom. The van der Waals surface area contributed by atoms with Gasteiger partial charge in [0.25, 0.3) is 5.91 Å². The molecule has 1 aromatic carbocycles. The highest BCUT2D eigenvalue weighted by atomic mass is 19.1. The van der Waals surface area contributed by atoms with Crippen LogP contribution in [0.5, 0.6) is 0 Å². The van der Waals surface area contributed by atoms with E-state index in [1.54, 1.807) is 0 Å². The largest absolute Gasteiger partial charge is 0.350 e. The van der Waals surface area contributed by atoms with Gasteiger partial charge in [-0.2, -0.15) is 9.90 Å². The predicted octanol–water partition coefficient (Wildman–Crippen LogP) is 0.731. The van der Waals surface area contributed by atoms with E-state index in [-0.39, 0.29) is 23.3 Å². The van der Waals surface area contributed by atoms with E-state index in [1.807, 2.05) is 6.92 Å². The first-order valence-electron chi connectivity index (χ1n) is 6.26. The van der Waals surface area contributed by atoms with Crippen molar-refractivity contribution < 1.29 is 9.18 Å². The number of amides is 1. The van der Waals surface area contributed by atoms with Crippen molar-refractivity contribution in [1.29, 1.82) is 0 Å². The van der Waals surface area contributed by atoms with Crippen LogP contribution in [0.4, 0.5) is 4.39 Å². The minimum absolute atomic E-state index is 0.200. The topological polar surface area (TPSA) is 85.8 Å². The van der Waals surface area contributed by atoms with Crippen LogP contribution in [0.2, 0.25) is 0 Å². The normalized spacial score (nSPS) is 12.2. The van der Waals surface area contributed by atoms with Crippen LogP contribution in [0.1, 0.15) is 17.4 Å². The van der Waals surface area contributed by atoms with Crippen LogP contribution in [-0.4, -0.2) is 34.0 Å². The molecule has 3 N–H and O–H groups in total. The SMILES string of the molecule is CC(CN)CNC(=O)c1cnn(-c2ccc(F)cc2)n1. The maximum Gasteiger partial charge on any atom is 0.273 e. The molecule has 0 radical (unpaired) electrons. The van der Waals surface area contributed by atoms with E-state index in [1.165, 1.54) is 35.3 Å². The van der Waals surface area contributed by atoms with Crippen molar-refractivity contribution in [1.82, 2.24) is 20.3 Å². The van der Waals surface area contributed by atoms with Crippen molar-refractivity contribution in [2.45, 2.75) is 6.92 Å². The van der Waals surface area contributed by atoms with Crippen molar-refractivity contribution in [3.05, 3.63) is 42.0 Å². The van der Waals surface area contributed by atoms with E-state index in [4.69, 9.17) is 5.73 Å². The summed E-state index contributed by atoms with van der Waals surface area (Å²) in [6.45, 7) is 2.93. The number of rotatable bonds is 5. The first-order chi connectivity index (χ1) is 9.60. The Morgan fingerprint density at radius 2 is 2.15 bits per heavy atom. The minimum atomic E-state index is -0.338. The van der Waals surface area contributed by atoms with Crippen LogP contribution in [0, 0.1) is 11.7 Å². The molecule has 0 aliphatic rings. The summed E-state index contributed by atoms with van der Waals surface area (Å²) in [7, 11) is 0. The van der Waals surface area contributed by atoms with Gasteiger partial charge in [0, 0.05) is 6.54 Å². The Kier molecular flexibility index (Phi) is 4.41. The van der Waals surface area contributed by atoms with Crippen LogP contribution >= 0.6 is 0 Å². The Morgan fingerprint density at radius 3 is 2.80 bits per heavy atom. The molecule has 0 fully saturated rings. The number of hydrogen-bond donors (Lipinski definition) is 2. The molecular formula is C13H16FN5O. The van der Waals surface area contributed by atoms with Crippen molar-refractivity contribution in [2.24, 2.45) is 11.7 Å². The number of carbonyl (C=O) groups excluding carboxylic acids is 1. The molecule has 6 nitrogen and oxygen atoms in total. The van der Waals surface area contributed by atoms with Gasteiger partial charge in [0.1, 0.15) is 5.82 Å². The lowest BCUT2D eigenvalue weighted by Gasteiger charge is -2.08. The van der Waals surface area contributed by atoms with E-state index in [0.717, 1.165) is 0 Å². The number of benzene rings is 1. The summed E-state index contributed by atoms with van der Waals surface area (Å²) in [5.74, 6) is -0.445. The van der Waals surface area contributed by atoms with Gasteiger partial charge in [-0.3, -0.25) is 4.79 Å². The van der Waals surface area contributed by atoms with Crippen LogP contribution in [0.15, 0.2) is 30.5 Å². The molecule has 0 aliphatic heterocycles. The second-order valence-electron chi connectivity index (χ2n) is 4.55. The summed E-state index contributed by atoms with van der Waals surface area (Å²) < 4.78 is 12.8. The number of halogens is 1. The van der Waals surface area contributed by atoms with Crippen molar-refractivity contribution in [3.8, 4) is 5.69 Å². The molecule has 20 heavy (non-hydrogen) atoms. The van der Waals surface area contributed by atoms with Gasteiger partial charge in [0.05, 0.1) is 11.9 Å². The fourth-order valence-electron chi connectivity index (χ4n) is 1.51. The van der Waals surface area contributed by atoms with Crippen LogP contribution in [0.25, 0.3) is 5.69 Å². The fraction of sp³-hybridized carbons (Fsp3) is 0.308. The van der Waals surface area contributed by atoms with Gasteiger partial charge < -0.3 is 11.1 Å². The molecule has 1 unspecified atom stereocenters. The van der Waals surface area contributed by atoms with Gasteiger partial charge in [0.2, 0.25) is 0 Å². The van der Waals surface area contributed by atoms with Crippen molar-refractivity contribution in [3.63, 3.8) is 0 Å². The van der Waals surface area contributed by atoms with E-state index >= 15 is 0 Å². The van der Waals surface area contributed by atoms with Gasteiger partial charge in [-0.15, -0.1) is 5.10 Å². The Hall–Kier alpha value is -2.28. The van der Waals surface area contributed by atoms with Crippen LogP contribution in [0.3, 0.4) is 0 Å². The number of nitrogens with zero attached hydrogens (tertiary/aromatic N) is 3. The molecule has 1 amide bonds. The first-order valence-corrected chi connectivity index (χ1v) is 6.26. The number of nitrogens with two attached hydrogens (primary N) is 1. The molecular weight excluding hydrogens is 261 g/mol. The van der Waals surface area contributed by atoms with Gasteiger partial charge >= 0.3 is 0 Å². The molecule has 1 atom stereocenters. The second-order valence-corrected chi connectivity index (χ2v) is 4.55. The van der Waals surface area contributed by atoms with Crippen LogP contribution < -0.4 is 11.1 Å². The molecule has 106 valence electrons. The highest BCUT2D eigenvalue weighted by molar-refractivity contribution is 5.91. The highest BCUT2D eigenvalue weighted by Crippen LogP contribution is 2.07. The summed E-state index contributed by atoms with van der Waals surface area (Å²) in [5.41, 5.74) is 6.27. The summed E-state index contributed by atoms with van der Waals surface area (Å²) in [4.78, 5) is 13.1. The van der Waals surface area contributed by atoms with E-state index in [0.29, 0.717) is 18.8 Å². The van der Waals surface area contributed by atoms with E-state index in [2.05, 4.69) is 15.5 Å². The molecule has 2 rings (SSSR count). The van der Waals surface area contributed by atoms with Gasteiger partial charge in [-0.25, -0.2) is 4.39 Å². The number of nitrogens with one attached hydrogen (secondary N) is 1. The zero-order chi connectivity index (χ0) is 14.5. The number of aromatic nitrogens is 3. The summed E-state index contributed by atoms with van der Waals surface area (Å²) >= 11 is 0. The quantitative estimate of drug-likeness (QED) is 0.843. The average molecular weight is 277 g/mol. The number of carbonyl (C=O) groups is 1. The molecule has 0 aliphatic carbocycles. The monoisotopic (exact) mass is 277 g/mol. The third-order valence-corrected chi connectivity index (χ3v) is 2.80. The predicted molar refractivity (Wildman–Crippen MR) is 71.9 cm³/mol. The summed E-state index contributed by atoms with van der Waals surface area (Å²) in [5, 5.41) is 10.8. The van der Waals surface area contributed by atoms with Gasteiger partial charge in [0.15, 0.2) is 5.69 Å². The lowest BCUT2D eigenvalue weighted by molar-refractivity contribution is 0.0943. The molecule has 0 bridgehead atoms. The molecule has 0 spiro atoms. The van der Waals surface area contributed by atoms with Crippen molar-refractivity contribution in [2.75, 3.05) is 13.1 Å². The fourth-order valence-corrected chi connectivity index (χ4v) is 1.51. The second kappa shape index (κ2) is 6.25. The van der Waals surface area contributed by atoms with E-state index < -0.39 is 0 Å². The molecule has 1 aromatic heterocycles. The lowest BCUT2D eigenvalue weighted by atomic mass is 10.2. The standard InChI is InChI=1S/C13H16FN5O/c1-9(6-15)7-16-13(20)12-8-17-19(18-12)11-4-2-10(14)3-5-11/h2-5,8-9H,6-7,15H2,1H3,(H,16,20). The third kappa shape index (κ3) is 3.39. The van der Waals surface area contributed by atoms with Gasteiger partial charge in [-0.1, -0.05) is 6.92 Å². The minimum Gasteiger partial charge on any atom is -0.350 e. The molecule has 1 heterocycles. The maximum atomic E-state index is 12.8. The Bertz CT molecular complexity index is 581. The smallest absolute Gasteiger partial charge is 0.273 e. The summed E-state index contributed by atoms with van der Waals surface area (Å²) in [6, 6.07) is 5.68. The third-order valence-electron chi connectivity index (χ3n) is 2.80. The lowest BCUT2D eigenvalue weighted by Crippen LogP contribution is -2.31. The van der Waals surface area contributed by atoms with E-state index in [9.17, 15) is 9.18 Å².